The van der Waals surface area contributed by atoms with Gasteiger partial charge in [0.05, 0.1) is 0 Å². The maximum absolute atomic E-state index is 5.16. The highest BCUT2D eigenvalue weighted by Gasteiger charge is 1.81. The Morgan fingerprint density at radius 2 is 1.91 bits per heavy atom. The lowest BCUT2D eigenvalue weighted by atomic mass is 10.2. The molecule has 0 nitrogen and oxygen atoms in total. The average Bonchev–Trinajstić information content (AvgIpc) is 2.06. The first kappa shape index (κ1) is 9.34. The molecule has 0 radical (unpaired) electrons. The van der Waals surface area contributed by atoms with Gasteiger partial charge in [0.2, 0.25) is 0 Å². The van der Waals surface area contributed by atoms with Gasteiger partial charge in [-0.1, -0.05) is 24.5 Å². The molecule has 0 aliphatic heterocycles. The zero-order valence-electron chi connectivity index (χ0n) is 6.59. The molecule has 0 fully saturated rings. The summed E-state index contributed by atoms with van der Waals surface area (Å²) in [5.41, 5.74) is 1.43. The van der Waals surface area contributed by atoms with Crippen LogP contribution in [-0.4, -0.2) is 0 Å². The average molecular weight is 142 g/mol. The van der Waals surface area contributed by atoms with Gasteiger partial charge in [-0.3, -0.25) is 0 Å². The van der Waals surface area contributed by atoms with Crippen molar-refractivity contribution in [2.45, 2.75) is 6.92 Å². The topological polar surface area (TPSA) is 0 Å². The fourth-order valence-electron chi connectivity index (χ4n) is 0.466. The predicted molar refractivity (Wildman–Crippen MR) is 49.7 cm³/mol. The molecule has 0 atom stereocenters. The van der Waals surface area contributed by atoms with Gasteiger partial charge in [0.1, 0.15) is 0 Å². The van der Waals surface area contributed by atoms with Crippen LogP contribution in [0.4, 0.5) is 0 Å². The first-order valence-corrected chi connectivity index (χ1v) is 3.21. The Kier molecular flexibility index (Phi) is 4.37. The SMILES string of the molecule is C#CC(=C)/C=C\C(C#C)=C/C. The third kappa shape index (κ3) is 3.84. The summed E-state index contributed by atoms with van der Waals surface area (Å²) in [6, 6.07) is 0. The molecule has 0 aliphatic carbocycles. The second-order valence-electron chi connectivity index (χ2n) is 1.89. The van der Waals surface area contributed by atoms with Crippen molar-refractivity contribution in [1.29, 1.82) is 0 Å². The van der Waals surface area contributed by atoms with E-state index in [2.05, 4.69) is 18.4 Å². The van der Waals surface area contributed by atoms with Gasteiger partial charge >= 0.3 is 0 Å². The maximum Gasteiger partial charge on any atom is 0.0200 e. The lowest BCUT2D eigenvalue weighted by molar-refractivity contribution is 1.63. The maximum atomic E-state index is 5.16. The quantitative estimate of drug-likeness (QED) is 0.410. The summed E-state index contributed by atoms with van der Waals surface area (Å²) in [6.45, 7) is 5.47. The van der Waals surface area contributed by atoms with Gasteiger partial charge in [-0.15, -0.1) is 12.8 Å². The molecule has 0 aliphatic rings. The molecule has 0 spiro atoms. The summed E-state index contributed by atoms with van der Waals surface area (Å²) < 4.78 is 0. The molecule has 0 bridgehead atoms. The summed E-state index contributed by atoms with van der Waals surface area (Å²) in [5.74, 6) is 4.89. The summed E-state index contributed by atoms with van der Waals surface area (Å²) in [6.07, 6.45) is 15.5. The van der Waals surface area contributed by atoms with Crippen LogP contribution in [0.25, 0.3) is 0 Å². The van der Waals surface area contributed by atoms with Crippen LogP contribution >= 0.6 is 0 Å². The fraction of sp³-hybridized carbons (Fsp3) is 0.0909. The number of hydrogen-bond donors (Lipinski definition) is 0. The smallest absolute Gasteiger partial charge is 0.0200 e. The molecule has 0 aromatic rings. The van der Waals surface area contributed by atoms with Crippen molar-refractivity contribution in [3.8, 4) is 24.7 Å². The minimum atomic E-state index is 0.625. The van der Waals surface area contributed by atoms with Gasteiger partial charge < -0.3 is 0 Å². The zero-order chi connectivity index (χ0) is 8.69. The molecule has 0 N–H and O–H groups in total. The van der Waals surface area contributed by atoms with Crippen LogP contribution in [0.1, 0.15) is 6.92 Å². The third-order valence-electron chi connectivity index (χ3n) is 1.13. The first-order valence-electron chi connectivity index (χ1n) is 3.21. The van der Waals surface area contributed by atoms with Crippen LogP contribution in [0.5, 0.6) is 0 Å². The second kappa shape index (κ2) is 5.15. The van der Waals surface area contributed by atoms with Crippen molar-refractivity contribution < 1.29 is 0 Å². The highest BCUT2D eigenvalue weighted by Crippen LogP contribution is 1.97. The van der Waals surface area contributed by atoms with E-state index in [0.717, 1.165) is 5.57 Å². The molecule has 0 unspecified atom stereocenters. The van der Waals surface area contributed by atoms with E-state index in [1.807, 2.05) is 13.0 Å². The summed E-state index contributed by atoms with van der Waals surface area (Å²) in [5, 5.41) is 0. The van der Waals surface area contributed by atoms with E-state index >= 15 is 0 Å². The standard InChI is InChI=1S/C11H10/c1-5-10(4)8-9-11(6-2)7-3/h1-2,7-9H,4H2,3H3/b9-8-,11-7-. The lowest BCUT2D eigenvalue weighted by Crippen LogP contribution is -1.70. The molecule has 0 heteroatoms. The fourth-order valence-corrected chi connectivity index (χ4v) is 0.466. The van der Waals surface area contributed by atoms with E-state index in [-0.39, 0.29) is 0 Å². The van der Waals surface area contributed by atoms with Gasteiger partial charge in [-0.25, -0.2) is 0 Å². The molecule has 0 aromatic heterocycles. The van der Waals surface area contributed by atoms with Gasteiger partial charge in [0, 0.05) is 11.1 Å². The Balaban J connectivity index is 4.29. The van der Waals surface area contributed by atoms with Crippen LogP contribution in [0, 0.1) is 24.7 Å². The molecular formula is C11H10. The molecule has 0 aromatic carbocycles. The molecule has 0 heterocycles. The van der Waals surface area contributed by atoms with Crippen molar-refractivity contribution in [2.24, 2.45) is 0 Å². The van der Waals surface area contributed by atoms with Crippen LogP contribution in [0.2, 0.25) is 0 Å². The van der Waals surface area contributed by atoms with E-state index in [0.29, 0.717) is 5.57 Å². The molecule has 11 heavy (non-hydrogen) atoms. The van der Waals surface area contributed by atoms with Crippen molar-refractivity contribution in [3.05, 3.63) is 36.0 Å². The highest BCUT2D eigenvalue weighted by atomic mass is 13.8. The minimum Gasteiger partial charge on any atom is -0.115 e. The van der Waals surface area contributed by atoms with E-state index < -0.39 is 0 Å². The molecule has 0 saturated carbocycles. The van der Waals surface area contributed by atoms with Crippen LogP contribution in [0.15, 0.2) is 36.0 Å². The monoisotopic (exact) mass is 142 g/mol. The molecule has 0 rings (SSSR count). The lowest BCUT2D eigenvalue weighted by Gasteiger charge is -1.86. The Hall–Kier alpha value is -1.66. The molecular weight excluding hydrogens is 132 g/mol. The van der Waals surface area contributed by atoms with Gasteiger partial charge in [-0.2, -0.15) is 0 Å². The third-order valence-corrected chi connectivity index (χ3v) is 1.13. The van der Waals surface area contributed by atoms with Crippen molar-refractivity contribution in [2.75, 3.05) is 0 Å². The Labute approximate surface area is 68.3 Å². The van der Waals surface area contributed by atoms with E-state index in [1.54, 1.807) is 12.2 Å². The number of rotatable bonds is 2. The van der Waals surface area contributed by atoms with Crippen LogP contribution < -0.4 is 0 Å². The molecule has 0 amide bonds. The summed E-state index contributed by atoms with van der Waals surface area (Å²) in [7, 11) is 0. The largest absolute Gasteiger partial charge is 0.115 e. The van der Waals surface area contributed by atoms with Crippen molar-refractivity contribution in [1.82, 2.24) is 0 Å². The van der Waals surface area contributed by atoms with Crippen LogP contribution in [0.3, 0.4) is 0 Å². The van der Waals surface area contributed by atoms with E-state index in [9.17, 15) is 0 Å². The van der Waals surface area contributed by atoms with E-state index in [4.69, 9.17) is 12.8 Å². The number of allylic oxidation sites excluding steroid dienone is 5. The predicted octanol–water partition coefficient (Wildman–Crippen LogP) is 2.31. The molecule has 0 saturated heterocycles. The number of terminal acetylenes is 2. The molecule has 54 valence electrons. The Bertz CT molecular complexity index is 274. The van der Waals surface area contributed by atoms with Crippen molar-refractivity contribution in [3.63, 3.8) is 0 Å². The second-order valence-corrected chi connectivity index (χ2v) is 1.89. The van der Waals surface area contributed by atoms with Crippen LogP contribution in [-0.2, 0) is 0 Å². The highest BCUT2D eigenvalue weighted by molar-refractivity contribution is 5.42. The number of hydrogen-bond acceptors (Lipinski definition) is 0. The Morgan fingerprint density at radius 1 is 1.27 bits per heavy atom. The summed E-state index contributed by atoms with van der Waals surface area (Å²) in [4.78, 5) is 0. The minimum absolute atomic E-state index is 0.625. The normalized spacial score (nSPS) is 10.6. The van der Waals surface area contributed by atoms with Gasteiger partial charge in [0.25, 0.3) is 0 Å². The van der Waals surface area contributed by atoms with Gasteiger partial charge in [-0.05, 0) is 19.1 Å². The van der Waals surface area contributed by atoms with Gasteiger partial charge in [0.15, 0.2) is 0 Å². The van der Waals surface area contributed by atoms with E-state index in [1.165, 1.54) is 0 Å². The van der Waals surface area contributed by atoms with Crippen molar-refractivity contribution >= 4 is 0 Å². The first-order chi connectivity index (χ1) is 5.24. The summed E-state index contributed by atoms with van der Waals surface area (Å²) >= 11 is 0. The Morgan fingerprint density at radius 3 is 2.27 bits per heavy atom. The zero-order valence-corrected chi connectivity index (χ0v) is 6.59.